The van der Waals surface area contributed by atoms with Crippen LogP contribution in [0.2, 0.25) is 0 Å². The average molecular weight is 364 g/mol. The van der Waals surface area contributed by atoms with E-state index in [2.05, 4.69) is 10.6 Å². The Hall–Kier alpha value is -1.53. The Morgan fingerprint density at radius 1 is 1.24 bits per heavy atom. The number of hydrogen-bond acceptors (Lipinski definition) is 4. The molecule has 1 fully saturated rings. The van der Waals surface area contributed by atoms with Crippen LogP contribution in [0.25, 0.3) is 0 Å². The van der Waals surface area contributed by atoms with Gasteiger partial charge in [0, 0.05) is 18.7 Å². The van der Waals surface area contributed by atoms with Crippen molar-refractivity contribution in [2.75, 3.05) is 38.7 Å². The summed E-state index contributed by atoms with van der Waals surface area (Å²) in [6.45, 7) is 2.56. The summed E-state index contributed by atoms with van der Waals surface area (Å²) in [6.07, 6.45) is 4.72. The molecular formula is C19H29N3O2S. The Kier molecular flexibility index (Phi) is 8.28. The zero-order chi connectivity index (χ0) is 18.1. The Bertz CT molecular complexity index is 545. The maximum Gasteiger partial charge on any atom is 0.251 e. The lowest BCUT2D eigenvalue weighted by atomic mass is 9.96. The van der Waals surface area contributed by atoms with Gasteiger partial charge < -0.3 is 15.5 Å². The molecule has 25 heavy (non-hydrogen) atoms. The van der Waals surface area contributed by atoms with Crippen LogP contribution in [0.15, 0.2) is 30.3 Å². The van der Waals surface area contributed by atoms with Crippen LogP contribution >= 0.6 is 11.8 Å². The highest BCUT2D eigenvalue weighted by Crippen LogP contribution is 2.18. The zero-order valence-corrected chi connectivity index (χ0v) is 16.0. The van der Waals surface area contributed by atoms with Gasteiger partial charge in [0.25, 0.3) is 5.91 Å². The van der Waals surface area contributed by atoms with E-state index in [1.54, 1.807) is 23.9 Å². The number of hydrogen-bond donors (Lipinski definition) is 2. The topological polar surface area (TPSA) is 61.4 Å². The standard InChI is InChI=1S/C19H29N3O2S/c1-20-14-15-8-11-22(12-9-15)19(24)17(10-13-25-2)21-18(23)16-6-4-3-5-7-16/h3-7,15,17,20H,8-14H2,1-2H3,(H,21,23). The largest absolute Gasteiger partial charge is 0.341 e. The maximum absolute atomic E-state index is 12.9. The highest BCUT2D eigenvalue weighted by molar-refractivity contribution is 7.98. The SMILES string of the molecule is CNCC1CCN(C(=O)C(CCSC)NC(=O)c2ccccc2)CC1. The molecule has 6 heteroatoms. The minimum atomic E-state index is -0.444. The van der Waals surface area contributed by atoms with Gasteiger partial charge >= 0.3 is 0 Å². The van der Waals surface area contributed by atoms with Crippen molar-refractivity contribution in [1.82, 2.24) is 15.5 Å². The lowest BCUT2D eigenvalue weighted by Crippen LogP contribution is -2.51. The number of benzene rings is 1. The summed E-state index contributed by atoms with van der Waals surface area (Å²) in [7, 11) is 1.97. The maximum atomic E-state index is 12.9. The fourth-order valence-corrected chi connectivity index (χ4v) is 3.66. The Morgan fingerprint density at radius 3 is 2.52 bits per heavy atom. The number of carbonyl (C=O) groups excluding carboxylic acids is 2. The van der Waals surface area contributed by atoms with Crippen molar-refractivity contribution >= 4 is 23.6 Å². The molecule has 2 rings (SSSR count). The fraction of sp³-hybridized carbons (Fsp3) is 0.579. The monoisotopic (exact) mass is 363 g/mol. The van der Waals surface area contributed by atoms with Gasteiger partial charge in [-0.15, -0.1) is 0 Å². The van der Waals surface area contributed by atoms with E-state index >= 15 is 0 Å². The van der Waals surface area contributed by atoms with Gasteiger partial charge in [0.2, 0.25) is 5.91 Å². The van der Waals surface area contributed by atoms with E-state index < -0.39 is 6.04 Å². The molecular weight excluding hydrogens is 334 g/mol. The van der Waals surface area contributed by atoms with E-state index in [9.17, 15) is 9.59 Å². The number of thioether (sulfide) groups is 1. The van der Waals surface area contributed by atoms with E-state index in [1.807, 2.05) is 36.4 Å². The van der Waals surface area contributed by atoms with Gasteiger partial charge in [0.1, 0.15) is 6.04 Å². The molecule has 0 bridgehead atoms. The number of piperidine rings is 1. The van der Waals surface area contributed by atoms with Crippen LogP contribution in [0.1, 0.15) is 29.6 Å². The minimum Gasteiger partial charge on any atom is -0.341 e. The molecule has 2 amide bonds. The third-order valence-corrected chi connectivity index (χ3v) is 5.31. The third-order valence-electron chi connectivity index (χ3n) is 4.67. The molecule has 1 heterocycles. The lowest BCUT2D eigenvalue weighted by Gasteiger charge is -2.34. The van der Waals surface area contributed by atoms with E-state index in [1.165, 1.54) is 0 Å². The van der Waals surface area contributed by atoms with Crippen LogP contribution in [0, 0.1) is 5.92 Å². The van der Waals surface area contributed by atoms with Crippen LogP contribution < -0.4 is 10.6 Å². The van der Waals surface area contributed by atoms with Gasteiger partial charge in [-0.3, -0.25) is 9.59 Å². The molecule has 1 aromatic carbocycles. The van der Waals surface area contributed by atoms with Gasteiger partial charge in [-0.25, -0.2) is 0 Å². The second kappa shape index (κ2) is 10.5. The van der Waals surface area contributed by atoms with Crippen LogP contribution in [-0.2, 0) is 4.79 Å². The number of carbonyl (C=O) groups is 2. The highest BCUT2D eigenvalue weighted by Gasteiger charge is 2.29. The van der Waals surface area contributed by atoms with Gasteiger partial charge in [0.15, 0.2) is 0 Å². The predicted molar refractivity (Wildman–Crippen MR) is 104 cm³/mol. The van der Waals surface area contributed by atoms with Crippen molar-refractivity contribution in [1.29, 1.82) is 0 Å². The van der Waals surface area contributed by atoms with E-state index in [0.717, 1.165) is 38.2 Å². The van der Waals surface area contributed by atoms with E-state index in [4.69, 9.17) is 0 Å². The summed E-state index contributed by atoms with van der Waals surface area (Å²) in [5.74, 6) is 1.37. The number of likely N-dealkylation sites (tertiary alicyclic amines) is 1. The molecule has 1 atom stereocenters. The van der Waals surface area contributed by atoms with Crippen LogP contribution in [0.5, 0.6) is 0 Å². The second-order valence-electron chi connectivity index (χ2n) is 6.50. The first-order chi connectivity index (χ1) is 12.2. The second-order valence-corrected chi connectivity index (χ2v) is 7.49. The molecule has 1 aliphatic heterocycles. The summed E-state index contributed by atoms with van der Waals surface area (Å²) in [5, 5.41) is 6.16. The molecule has 1 aliphatic rings. The minimum absolute atomic E-state index is 0.0567. The highest BCUT2D eigenvalue weighted by atomic mass is 32.2. The number of rotatable bonds is 8. The first-order valence-corrected chi connectivity index (χ1v) is 10.3. The molecule has 138 valence electrons. The van der Waals surface area contributed by atoms with Crippen molar-refractivity contribution in [3.05, 3.63) is 35.9 Å². The Labute approximate surface area is 154 Å². The van der Waals surface area contributed by atoms with Gasteiger partial charge in [0.05, 0.1) is 0 Å². The summed E-state index contributed by atoms with van der Waals surface area (Å²) < 4.78 is 0. The van der Waals surface area contributed by atoms with E-state index in [0.29, 0.717) is 17.9 Å². The van der Waals surface area contributed by atoms with E-state index in [-0.39, 0.29) is 11.8 Å². The molecule has 1 unspecified atom stereocenters. The van der Waals surface area contributed by atoms with Gasteiger partial charge in [-0.1, -0.05) is 18.2 Å². The number of nitrogens with zero attached hydrogens (tertiary/aromatic N) is 1. The molecule has 2 N–H and O–H groups in total. The molecule has 0 radical (unpaired) electrons. The Morgan fingerprint density at radius 2 is 1.92 bits per heavy atom. The summed E-state index contributed by atoms with van der Waals surface area (Å²) in [6, 6.07) is 8.65. The van der Waals surface area contributed by atoms with Gasteiger partial charge in [-0.05, 0) is 62.9 Å². The third kappa shape index (κ3) is 6.04. The number of nitrogens with one attached hydrogen (secondary N) is 2. The molecule has 1 saturated heterocycles. The molecule has 0 spiro atoms. The fourth-order valence-electron chi connectivity index (χ4n) is 3.19. The summed E-state index contributed by atoms with van der Waals surface area (Å²) in [4.78, 5) is 27.3. The molecule has 5 nitrogen and oxygen atoms in total. The van der Waals surface area contributed by atoms with Crippen LogP contribution in [0.3, 0.4) is 0 Å². The molecule has 0 saturated carbocycles. The number of amides is 2. The Balaban J connectivity index is 1.96. The molecule has 0 aliphatic carbocycles. The van der Waals surface area contributed by atoms with Gasteiger partial charge in [-0.2, -0.15) is 11.8 Å². The molecule has 0 aromatic heterocycles. The average Bonchev–Trinajstić information content (AvgIpc) is 2.66. The van der Waals surface area contributed by atoms with Crippen LogP contribution in [0.4, 0.5) is 0 Å². The first-order valence-electron chi connectivity index (χ1n) is 8.94. The predicted octanol–water partition coefficient (Wildman–Crippen LogP) is 2.00. The van der Waals surface area contributed by atoms with Crippen molar-refractivity contribution in [2.24, 2.45) is 5.92 Å². The van der Waals surface area contributed by atoms with Crippen molar-refractivity contribution in [3.63, 3.8) is 0 Å². The lowest BCUT2D eigenvalue weighted by molar-refractivity contribution is -0.134. The van der Waals surface area contributed by atoms with Crippen molar-refractivity contribution in [2.45, 2.75) is 25.3 Å². The molecule has 1 aromatic rings. The van der Waals surface area contributed by atoms with Crippen LogP contribution in [-0.4, -0.2) is 61.4 Å². The zero-order valence-electron chi connectivity index (χ0n) is 15.2. The summed E-state index contributed by atoms with van der Waals surface area (Å²) >= 11 is 1.69. The first kappa shape index (κ1) is 19.8. The van der Waals surface area contributed by atoms with Crippen molar-refractivity contribution < 1.29 is 9.59 Å². The quantitative estimate of drug-likeness (QED) is 0.742. The van der Waals surface area contributed by atoms with Crippen molar-refractivity contribution in [3.8, 4) is 0 Å². The summed E-state index contributed by atoms with van der Waals surface area (Å²) in [5.41, 5.74) is 0.595. The normalized spacial score (nSPS) is 16.5. The smallest absolute Gasteiger partial charge is 0.251 e.